The minimum Gasteiger partial charge on any atom is -0.337 e. The highest BCUT2D eigenvalue weighted by Gasteiger charge is 2.15. The highest BCUT2D eigenvalue weighted by Crippen LogP contribution is 2.01. The van der Waals surface area contributed by atoms with Gasteiger partial charge in [0.2, 0.25) is 12.8 Å². The van der Waals surface area contributed by atoms with Gasteiger partial charge in [0.15, 0.2) is 0 Å². The number of nitrogens with one attached hydrogen (secondary N) is 2. The zero-order chi connectivity index (χ0) is 8.69. The number of halogens is 2. The molecule has 0 aromatic carbocycles. The van der Waals surface area contributed by atoms with E-state index in [4.69, 9.17) is 23.2 Å². The number of carbonyl (C=O) groups is 2. The molecular weight excluding hydrogens is 191 g/mol. The van der Waals surface area contributed by atoms with Crippen molar-refractivity contribution in [2.45, 2.75) is 11.5 Å². The summed E-state index contributed by atoms with van der Waals surface area (Å²) in [5.74, 6) is 0.147. The number of hydrogen-bond donors (Lipinski definition) is 2. The lowest BCUT2D eigenvalue weighted by Crippen LogP contribution is -2.48. The Kier molecular flexibility index (Phi) is 5.97. The minimum atomic E-state index is -0.607. The smallest absolute Gasteiger partial charge is 0.208 e. The van der Waals surface area contributed by atoms with Crippen molar-refractivity contribution in [3.05, 3.63) is 0 Å². The molecule has 0 saturated carbocycles. The molecule has 0 saturated heterocycles. The summed E-state index contributed by atoms with van der Waals surface area (Å²) in [6.07, 6.45) is 0.288. The molecule has 2 N–H and O–H groups in total. The maximum absolute atomic E-state index is 9.94. The van der Waals surface area contributed by atoms with Gasteiger partial charge < -0.3 is 10.6 Å². The predicted molar refractivity (Wildman–Crippen MR) is 42.5 cm³/mol. The van der Waals surface area contributed by atoms with Gasteiger partial charge in [-0.25, -0.2) is 0 Å². The van der Waals surface area contributed by atoms with Gasteiger partial charge in [-0.3, -0.25) is 9.59 Å². The summed E-state index contributed by atoms with van der Waals surface area (Å²) >= 11 is 11.0. The molecule has 6 heteroatoms. The summed E-state index contributed by atoms with van der Waals surface area (Å²) in [5.41, 5.74) is 0. The fourth-order valence-electron chi connectivity index (χ4n) is 0.493. The topological polar surface area (TPSA) is 58.2 Å². The average molecular weight is 199 g/mol. The third-order valence-corrected chi connectivity index (χ3v) is 1.90. The van der Waals surface area contributed by atoms with Gasteiger partial charge >= 0.3 is 0 Å². The van der Waals surface area contributed by atoms with Gasteiger partial charge in [-0.05, 0) is 0 Å². The van der Waals surface area contributed by atoms with Crippen LogP contribution < -0.4 is 10.6 Å². The molecule has 0 bridgehead atoms. The molecule has 4 nitrogen and oxygen atoms in total. The quantitative estimate of drug-likeness (QED) is 0.349. The zero-order valence-electron chi connectivity index (χ0n) is 5.59. The van der Waals surface area contributed by atoms with Gasteiger partial charge in [0, 0.05) is 5.88 Å². The van der Waals surface area contributed by atoms with Gasteiger partial charge in [0.1, 0.15) is 6.17 Å². The molecule has 0 spiro atoms. The first-order chi connectivity index (χ1) is 5.26. The number of alkyl halides is 2. The van der Waals surface area contributed by atoms with Crippen LogP contribution in [0.3, 0.4) is 0 Å². The molecule has 0 heterocycles. The summed E-state index contributed by atoms with van der Waals surface area (Å²) in [4.78, 5) is 19.9. The molecule has 0 fully saturated rings. The molecule has 1 atom stereocenters. The lowest BCUT2D eigenvalue weighted by atomic mass is 10.4. The van der Waals surface area contributed by atoms with Crippen LogP contribution in [0, 0.1) is 0 Å². The van der Waals surface area contributed by atoms with Crippen molar-refractivity contribution in [3.8, 4) is 0 Å². The van der Waals surface area contributed by atoms with E-state index in [1.54, 1.807) is 0 Å². The third kappa shape index (κ3) is 4.06. The Morgan fingerprint density at radius 1 is 1.27 bits per heavy atom. The Hall–Kier alpha value is -0.480. The minimum absolute atomic E-state index is 0.147. The van der Waals surface area contributed by atoms with E-state index in [2.05, 4.69) is 10.6 Å². The van der Waals surface area contributed by atoms with Crippen LogP contribution >= 0.6 is 23.2 Å². The standard InChI is InChI=1S/C5H8Cl2N2O2/c6-1-4(7)5(8-2-10)9-3-11/h2-5H,1H2,(H,8,10)(H,9,11). The van der Waals surface area contributed by atoms with Crippen molar-refractivity contribution in [1.29, 1.82) is 0 Å². The summed E-state index contributed by atoms with van der Waals surface area (Å²) in [6.45, 7) is 0. The molecule has 11 heavy (non-hydrogen) atoms. The van der Waals surface area contributed by atoms with Crippen LogP contribution in [-0.2, 0) is 9.59 Å². The Balaban J connectivity index is 3.84. The normalized spacial score (nSPS) is 12.3. The maximum atomic E-state index is 9.94. The molecule has 0 aromatic heterocycles. The number of carbonyl (C=O) groups excluding carboxylic acids is 2. The van der Waals surface area contributed by atoms with Crippen LogP contribution in [0.25, 0.3) is 0 Å². The van der Waals surface area contributed by atoms with Crippen LogP contribution in [-0.4, -0.2) is 30.2 Å². The second-order valence-electron chi connectivity index (χ2n) is 1.72. The van der Waals surface area contributed by atoms with Crippen molar-refractivity contribution < 1.29 is 9.59 Å². The molecule has 0 rings (SSSR count). The fraction of sp³-hybridized carbons (Fsp3) is 0.600. The van der Waals surface area contributed by atoms with Gasteiger partial charge in [0.25, 0.3) is 0 Å². The molecule has 0 aliphatic rings. The molecule has 0 aromatic rings. The van der Waals surface area contributed by atoms with Crippen molar-refractivity contribution >= 4 is 36.0 Å². The van der Waals surface area contributed by atoms with Crippen molar-refractivity contribution in [1.82, 2.24) is 10.6 Å². The van der Waals surface area contributed by atoms with Crippen molar-refractivity contribution in [2.75, 3.05) is 5.88 Å². The monoisotopic (exact) mass is 198 g/mol. The van der Waals surface area contributed by atoms with Gasteiger partial charge in [-0.1, -0.05) is 0 Å². The van der Waals surface area contributed by atoms with Gasteiger partial charge in [-0.2, -0.15) is 0 Å². The highest BCUT2D eigenvalue weighted by atomic mass is 35.5. The van der Waals surface area contributed by atoms with Crippen LogP contribution in [0.5, 0.6) is 0 Å². The summed E-state index contributed by atoms with van der Waals surface area (Å²) in [5, 5.41) is 4.08. The van der Waals surface area contributed by atoms with Gasteiger partial charge in [0.05, 0.1) is 5.38 Å². The molecule has 1 unspecified atom stereocenters. The maximum Gasteiger partial charge on any atom is 0.208 e. The van der Waals surface area contributed by atoms with Crippen LogP contribution in [0.1, 0.15) is 0 Å². The van der Waals surface area contributed by atoms with E-state index in [1.807, 2.05) is 0 Å². The Bertz CT molecular complexity index is 124. The number of amides is 2. The first kappa shape index (κ1) is 10.5. The van der Waals surface area contributed by atoms with E-state index >= 15 is 0 Å². The molecule has 2 amide bonds. The largest absolute Gasteiger partial charge is 0.337 e. The Morgan fingerprint density at radius 3 is 2.00 bits per heavy atom. The average Bonchev–Trinajstić information content (AvgIpc) is 2.03. The van der Waals surface area contributed by atoms with Crippen molar-refractivity contribution in [3.63, 3.8) is 0 Å². The third-order valence-electron chi connectivity index (χ3n) is 1.00. The lowest BCUT2D eigenvalue weighted by molar-refractivity contribution is -0.112. The van der Waals surface area contributed by atoms with Gasteiger partial charge in [-0.15, -0.1) is 23.2 Å². The SMILES string of the molecule is O=CNC(NC=O)C(Cl)CCl. The van der Waals surface area contributed by atoms with E-state index < -0.39 is 11.5 Å². The van der Waals surface area contributed by atoms with E-state index in [0.717, 1.165) is 0 Å². The summed E-state index contributed by atoms with van der Waals surface area (Å²) in [7, 11) is 0. The molecule has 0 aliphatic carbocycles. The Morgan fingerprint density at radius 2 is 1.73 bits per heavy atom. The predicted octanol–water partition coefficient (Wildman–Crippen LogP) is -0.349. The Labute approximate surface area is 74.2 Å². The van der Waals surface area contributed by atoms with E-state index in [-0.39, 0.29) is 5.88 Å². The number of rotatable bonds is 6. The summed E-state index contributed by atoms with van der Waals surface area (Å²) < 4.78 is 0. The van der Waals surface area contributed by atoms with Crippen LogP contribution in [0.15, 0.2) is 0 Å². The molecule has 64 valence electrons. The summed E-state index contributed by atoms with van der Waals surface area (Å²) in [6, 6.07) is 0. The number of hydrogen-bond acceptors (Lipinski definition) is 2. The second kappa shape index (κ2) is 6.24. The second-order valence-corrected chi connectivity index (χ2v) is 2.59. The van der Waals surface area contributed by atoms with Crippen LogP contribution in [0.2, 0.25) is 0 Å². The molecule has 0 radical (unpaired) electrons. The molecular formula is C5H8Cl2N2O2. The van der Waals surface area contributed by atoms with Crippen molar-refractivity contribution in [2.24, 2.45) is 0 Å². The van der Waals surface area contributed by atoms with Crippen LogP contribution in [0.4, 0.5) is 0 Å². The van der Waals surface area contributed by atoms with E-state index in [9.17, 15) is 9.59 Å². The molecule has 0 aliphatic heterocycles. The first-order valence-electron chi connectivity index (χ1n) is 2.85. The highest BCUT2D eigenvalue weighted by molar-refractivity contribution is 6.28. The zero-order valence-corrected chi connectivity index (χ0v) is 7.10. The fourth-order valence-corrected chi connectivity index (χ4v) is 0.816. The lowest BCUT2D eigenvalue weighted by Gasteiger charge is -2.18. The first-order valence-corrected chi connectivity index (χ1v) is 3.82. The van der Waals surface area contributed by atoms with E-state index in [1.165, 1.54) is 0 Å². The van der Waals surface area contributed by atoms with E-state index in [0.29, 0.717) is 12.8 Å².